The molecule has 0 aromatic carbocycles. The zero-order chi connectivity index (χ0) is 13.8. The smallest absolute Gasteiger partial charge is 0.233 e. The Kier molecular flexibility index (Phi) is 4.68. The second kappa shape index (κ2) is 6.27. The first-order chi connectivity index (χ1) is 9.09. The molecule has 2 N–H and O–H groups in total. The van der Waals surface area contributed by atoms with E-state index in [0.29, 0.717) is 22.8 Å². The summed E-state index contributed by atoms with van der Waals surface area (Å²) in [5, 5.41) is 8.40. The van der Waals surface area contributed by atoms with Gasteiger partial charge in [-0.25, -0.2) is 4.68 Å². The van der Waals surface area contributed by atoms with E-state index in [4.69, 9.17) is 5.84 Å². The van der Waals surface area contributed by atoms with E-state index in [0.717, 1.165) is 12.8 Å². The van der Waals surface area contributed by atoms with Crippen LogP contribution in [0.25, 0.3) is 0 Å². The van der Waals surface area contributed by atoms with Crippen molar-refractivity contribution in [1.29, 1.82) is 0 Å². The SMILES string of the molecule is Cc1nnc(SCC(=O)N(C)C2CCCCC2)n1N. The van der Waals surface area contributed by atoms with E-state index in [9.17, 15) is 4.79 Å². The number of amides is 1. The molecule has 1 heterocycles. The van der Waals surface area contributed by atoms with Gasteiger partial charge >= 0.3 is 0 Å². The van der Waals surface area contributed by atoms with Gasteiger partial charge in [0.05, 0.1) is 5.75 Å². The number of carbonyl (C=O) groups excluding carboxylic acids is 1. The minimum atomic E-state index is 0.137. The molecule has 1 aliphatic carbocycles. The van der Waals surface area contributed by atoms with Gasteiger partial charge in [-0.1, -0.05) is 31.0 Å². The normalized spacial score (nSPS) is 16.5. The van der Waals surface area contributed by atoms with Crippen LogP contribution in [-0.4, -0.2) is 44.5 Å². The monoisotopic (exact) mass is 283 g/mol. The topological polar surface area (TPSA) is 77.0 Å². The summed E-state index contributed by atoms with van der Waals surface area (Å²) in [6.45, 7) is 1.78. The summed E-state index contributed by atoms with van der Waals surface area (Å²) in [6.07, 6.45) is 6.00. The first-order valence-corrected chi connectivity index (χ1v) is 7.63. The standard InChI is InChI=1S/C12H21N5OS/c1-9-14-15-12(17(9)13)19-8-11(18)16(2)10-6-4-3-5-7-10/h10H,3-8,13H2,1-2H3. The van der Waals surface area contributed by atoms with E-state index in [1.54, 1.807) is 6.92 Å². The van der Waals surface area contributed by atoms with Crippen molar-refractivity contribution in [2.45, 2.75) is 50.2 Å². The second-order valence-electron chi connectivity index (χ2n) is 4.98. The fourth-order valence-electron chi connectivity index (χ4n) is 2.35. The molecule has 0 spiro atoms. The lowest BCUT2D eigenvalue weighted by molar-refractivity contribution is -0.129. The summed E-state index contributed by atoms with van der Waals surface area (Å²) >= 11 is 1.34. The Labute approximate surface area is 117 Å². The van der Waals surface area contributed by atoms with Gasteiger partial charge in [-0.15, -0.1) is 10.2 Å². The molecule has 19 heavy (non-hydrogen) atoms. The average Bonchev–Trinajstić information content (AvgIpc) is 2.76. The Morgan fingerprint density at radius 2 is 2.11 bits per heavy atom. The van der Waals surface area contributed by atoms with Gasteiger partial charge in [-0.05, 0) is 19.8 Å². The number of hydrogen-bond acceptors (Lipinski definition) is 5. The number of aryl methyl sites for hydroxylation is 1. The van der Waals surface area contributed by atoms with Gasteiger partial charge in [0.25, 0.3) is 0 Å². The van der Waals surface area contributed by atoms with Crippen molar-refractivity contribution in [1.82, 2.24) is 19.8 Å². The van der Waals surface area contributed by atoms with Crippen LogP contribution in [0.2, 0.25) is 0 Å². The third kappa shape index (κ3) is 3.40. The van der Waals surface area contributed by atoms with Crippen LogP contribution in [0.15, 0.2) is 5.16 Å². The van der Waals surface area contributed by atoms with Crippen LogP contribution in [0.5, 0.6) is 0 Å². The maximum Gasteiger partial charge on any atom is 0.233 e. The van der Waals surface area contributed by atoms with Crippen molar-refractivity contribution in [3.8, 4) is 0 Å². The van der Waals surface area contributed by atoms with Crippen molar-refractivity contribution < 1.29 is 4.79 Å². The molecule has 7 heteroatoms. The molecule has 1 fully saturated rings. The predicted octanol–water partition coefficient (Wildman–Crippen LogP) is 1.18. The average molecular weight is 283 g/mol. The molecule has 106 valence electrons. The summed E-state index contributed by atoms with van der Waals surface area (Å²) < 4.78 is 1.42. The summed E-state index contributed by atoms with van der Waals surface area (Å²) in [7, 11) is 1.90. The second-order valence-corrected chi connectivity index (χ2v) is 5.93. The van der Waals surface area contributed by atoms with Gasteiger partial charge in [0, 0.05) is 13.1 Å². The number of aromatic nitrogens is 3. The Morgan fingerprint density at radius 1 is 1.42 bits per heavy atom. The van der Waals surface area contributed by atoms with Crippen molar-refractivity contribution in [2.75, 3.05) is 18.6 Å². The lowest BCUT2D eigenvalue weighted by atomic mass is 9.94. The van der Waals surface area contributed by atoms with Crippen LogP contribution < -0.4 is 5.84 Å². The molecule has 0 aliphatic heterocycles. The number of nitrogen functional groups attached to an aromatic ring is 1. The Bertz CT molecular complexity index is 441. The molecule has 6 nitrogen and oxygen atoms in total. The van der Waals surface area contributed by atoms with Gasteiger partial charge in [-0.2, -0.15) is 0 Å². The maximum atomic E-state index is 12.1. The van der Waals surface area contributed by atoms with E-state index >= 15 is 0 Å². The van der Waals surface area contributed by atoms with E-state index in [-0.39, 0.29) is 5.91 Å². The van der Waals surface area contributed by atoms with Gasteiger partial charge in [-0.3, -0.25) is 4.79 Å². The molecule has 0 unspecified atom stereocenters. The van der Waals surface area contributed by atoms with Crippen LogP contribution in [0.1, 0.15) is 37.9 Å². The summed E-state index contributed by atoms with van der Waals surface area (Å²) in [4.78, 5) is 14.0. The molecule has 1 aliphatic rings. The van der Waals surface area contributed by atoms with Crippen molar-refractivity contribution in [2.24, 2.45) is 0 Å². The predicted molar refractivity (Wildman–Crippen MR) is 75.3 cm³/mol. The third-order valence-corrected chi connectivity index (χ3v) is 4.60. The maximum absolute atomic E-state index is 12.1. The van der Waals surface area contributed by atoms with Crippen LogP contribution in [-0.2, 0) is 4.79 Å². The highest BCUT2D eigenvalue weighted by molar-refractivity contribution is 7.99. The number of nitrogens with two attached hydrogens (primary N) is 1. The molecule has 0 saturated heterocycles. The van der Waals surface area contributed by atoms with E-state index in [1.807, 2.05) is 11.9 Å². The third-order valence-electron chi connectivity index (χ3n) is 3.68. The van der Waals surface area contributed by atoms with Gasteiger partial charge in [0.2, 0.25) is 11.1 Å². The summed E-state index contributed by atoms with van der Waals surface area (Å²) in [5.74, 6) is 6.90. The van der Waals surface area contributed by atoms with Crippen LogP contribution in [0.3, 0.4) is 0 Å². The van der Waals surface area contributed by atoms with Crippen LogP contribution in [0.4, 0.5) is 0 Å². The van der Waals surface area contributed by atoms with E-state index in [2.05, 4.69) is 10.2 Å². The van der Waals surface area contributed by atoms with Crippen LogP contribution in [0, 0.1) is 6.92 Å². The molecule has 1 saturated carbocycles. The molecular weight excluding hydrogens is 262 g/mol. The zero-order valence-electron chi connectivity index (χ0n) is 11.5. The molecule has 1 aromatic rings. The Balaban J connectivity index is 1.85. The molecule has 2 rings (SSSR count). The number of rotatable bonds is 4. The van der Waals surface area contributed by atoms with Crippen LogP contribution >= 0.6 is 11.8 Å². The Hall–Kier alpha value is -1.24. The van der Waals surface area contributed by atoms with E-state index < -0.39 is 0 Å². The highest BCUT2D eigenvalue weighted by Crippen LogP contribution is 2.23. The van der Waals surface area contributed by atoms with Gasteiger partial charge in [0.15, 0.2) is 0 Å². The minimum Gasteiger partial charge on any atom is -0.342 e. The largest absolute Gasteiger partial charge is 0.342 e. The zero-order valence-corrected chi connectivity index (χ0v) is 12.3. The molecular formula is C12H21N5OS. The highest BCUT2D eigenvalue weighted by atomic mass is 32.2. The first-order valence-electron chi connectivity index (χ1n) is 6.65. The number of thioether (sulfide) groups is 1. The molecule has 0 atom stereocenters. The molecule has 0 radical (unpaired) electrons. The van der Waals surface area contributed by atoms with Crippen molar-refractivity contribution in [3.63, 3.8) is 0 Å². The lowest BCUT2D eigenvalue weighted by Gasteiger charge is -2.31. The fraction of sp³-hybridized carbons (Fsp3) is 0.750. The summed E-state index contributed by atoms with van der Waals surface area (Å²) in [6, 6.07) is 0.402. The van der Waals surface area contributed by atoms with Gasteiger partial charge in [0.1, 0.15) is 5.82 Å². The minimum absolute atomic E-state index is 0.137. The number of hydrogen-bond donors (Lipinski definition) is 1. The lowest BCUT2D eigenvalue weighted by Crippen LogP contribution is -2.39. The quantitative estimate of drug-likeness (QED) is 0.663. The summed E-state index contributed by atoms with van der Waals surface area (Å²) in [5.41, 5.74) is 0. The first kappa shape index (κ1) is 14.2. The van der Waals surface area contributed by atoms with Gasteiger partial charge < -0.3 is 10.7 Å². The highest BCUT2D eigenvalue weighted by Gasteiger charge is 2.22. The number of carbonyl (C=O) groups is 1. The molecule has 0 bridgehead atoms. The van der Waals surface area contributed by atoms with Crippen molar-refractivity contribution in [3.05, 3.63) is 5.82 Å². The molecule has 1 amide bonds. The van der Waals surface area contributed by atoms with E-state index in [1.165, 1.54) is 35.7 Å². The fourth-order valence-corrected chi connectivity index (χ4v) is 3.17. The van der Waals surface area contributed by atoms with Crippen molar-refractivity contribution >= 4 is 17.7 Å². The molecule has 1 aromatic heterocycles. The number of nitrogens with zero attached hydrogens (tertiary/aromatic N) is 4. The Morgan fingerprint density at radius 3 is 2.68 bits per heavy atom.